The Morgan fingerprint density at radius 2 is 2.05 bits per heavy atom. The maximum Gasteiger partial charge on any atom is 0.266 e. The third-order valence-corrected chi connectivity index (χ3v) is 5.20. The molecule has 1 aromatic heterocycles. The first kappa shape index (κ1) is 15.2. The Balaban J connectivity index is 1.79. The number of benzene rings is 1. The first-order valence-corrected chi connectivity index (χ1v) is 8.68. The average molecular weight is 314 g/mol. The summed E-state index contributed by atoms with van der Waals surface area (Å²) in [5, 5.41) is 1.08. The highest BCUT2D eigenvalue weighted by atomic mass is 32.1. The number of aryl methyl sites for hydroxylation is 1. The number of carbonyl (C=O) groups excluding carboxylic acids is 1. The van der Waals surface area contributed by atoms with Crippen molar-refractivity contribution in [2.45, 2.75) is 40.2 Å². The number of thiazole rings is 1. The molecule has 0 fully saturated rings. The molecule has 0 radical (unpaired) electrons. The van der Waals surface area contributed by atoms with Gasteiger partial charge in [0, 0.05) is 19.5 Å². The molecule has 2 heterocycles. The van der Waals surface area contributed by atoms with Crippen LogP contribution in [0.2, 0.25) is 0 Å². The zero-order chi connectivity index (χ0) is 15.7. The first-order chi connectivity index (χ1) is 10.5. The van der Waals surface area contributed by atoms with Gasteiger partial charge >= 0.3 is 0 Å². The molecule has 2 aromatic rings. The lowest BCUT2D eigenvalue weighted by Gasteiger charge is -2.28. The van der Waals surface area contributed by atoms with Crippen molar-refractivity contribution in [2.24, 2.45) is 5.92 Å². The van der Waals surface area contributed by atoms with Crippen LogP contribution in [0.15, 0.2) is 24.3 Å². The number of rotatable bonds is 3. The lowest BCUT2D eigenvalue weighted by atomic mass is 10.00. The molecule has 0 saturated carbocycles. The summed E-state index contributed by atoms with van der Waals surface area (Å²) >= 11 is 1.57. The Bertz CT molecular complexity index is 690. The smallest absolute Gasteiger partial charge is 0.266 e. The van der Waals surface area contributed by atoms with Gasteiger partial charge in [-0.15, -0.1) is 11.3 Å². The third kappa shape index (κ3) is 3.07. The Kier molecular flexibility index (Phi) is 4.30. The summed E-state index contributed by atoms with van der Waals surface area (Å²) in [6, 6.07) is 8.40. The number of nitrogens with zero attached hydrogens (tertiary/aromatic N) is 2. The van der Waals surface area contributed by atoms with Crippen LogP contribution >= 0.6 is 11.3 Å². The highest BCUT2D eigenvalue weighted by molar-refractivity contribution is 7.13. The summed E-state index contributed by atoms with van der Waals surface area (Å²) in [7, 11) is 0. The van der Waals surface area contributed by atoms with E-state index in [2.05, 4.69) is 37.0 Å². The van der Waals surface area contributed by atoms with Gasteiger partial charge in [-0.2, -0.15) is 0 Å². The SMILES string of the molecule is Cc1nc(CC(C)C)sc1C(=O)N1CCc2ccccc2C1. The monoisotopic (exact) mass is 314 g/mol. The van der Waals surface area contributed by atoms with Crippen molar-refractivity contribution in [1.29, 1.82) is 0 Å². The molecule has 22 heavy (non-hydrogen) atoms. The Labute approximate surface area is 136 Å². The molecule has 1 aliphatic heterocycles. The van der Waals surface area contributed by atoms with Crippen LogP contribution in [0.5, 0.6) is 0 Å². The predicted octanol–water partition coefficient (Wildman–Crippen LogP) is 3.85. The maximum atomic E-state index is 12.8. The van der Waals surface area contributed by atoms with Crippen molar-refractivity contribution in [2.75, 3.05) is 6.54 Å². The Hall–Kier alpha value is -1.68. The van der Waals surface area contributed by atoms with E-state index in [9.17, 15) is 4.79 Å². The van der Waals surface area contributed by atoms with Gasteiger partial charge in [0.1, 0.15) is 4.88 Å². The van der Waals surface area contributed by atoms with Crippen LogP contribution in [0.3, 0.4) is 0 Å². The van der Waals surface area contributed by atoms with Crippen molar-refractivity contribution in [3.63, 3.8) is 0 Å². The number of hydrogen-bond acceptors (Lipinski definition) is 3. The van der Waals surface area contributed by atoms with Crippen LogP contribution in [-0.2, 0) is 19.4 Å². The lowest BCUT2D eigenvalue weighted by molar-refractivity contribution is 0.0738. The van der Waals surface area contributed by atoms with Crippen LogP contribution in [0, 0.1) is 12.8 Å². The molecule has 0 unspecified atom stereocenters. The van der Waals surface area contributed by atoms with Crippen LogP contribution in [0.4, 0.5) is 0 Å². The normalized spacial score (nSPS) is 14.3. The lowest BCUT2D eigenvalue weighted by Crippen LogP contribution is -2.35. The zero-order valence-corrected chi connectivity index (χ0v) is 14.2. The van der Waals surface area contributed by atoms with E-state index < -0.39 is 0 Å². The van der Waals surface area contributed by atoms with Gasteiger partial charge in [0.05, 0.1) is 10.7 Å². The minimum absolute atomic E-state index is 0.138. The summed E-state index contributed by atoms with van der Waals surface area (Å²) in [5.41, 5.74) is 3.52. The molecule has 0 spiro atoms. The van der Waals surface area contributed by atoms with Crippen molar-refractivity contribution in [3.05, 3.63) is 51.0 Å². The largest absolute Gasteiger partial charge is 0.333 e. The minimum atomic E-state index is 0.138. The van der Waals surface area contributed by atoms with E-state index in [0.29, 0.717) is 12.5 Å². The second-order valence-electron chi connectivity index (χ2n) is 6.37. The van der Waals surface area contributed by atoms with Crippen molar-refractivity contribution >= 4 is 17.2 Å². The molecule has 0 saturated heterocycles. The van der Waals surface area contributed by atoms with Gasteiger partial charge in [0.2, 0.25) is 0 Å². The number of carbonyl (C=O) groups is 1. The van der Waals surface area contributed by atoms with Crippen molar-refractivity contribution in [1.82, 2.24) is 9.88 Å². The fourth-order valence-electron chi connectivity index (χ4n) is 2.90. The van der Waals surface area contributed by atoms with Gasteiger partial charge < -0.3 is 4.90 Å². The van der Waals surface area contributed by atoms with Crippen molar-refractivity contribution < 1.29 is 4.79 Å². The molecule has 0 bridgehead atoms. The van der Waals surface area contributed by atoms with E-state index >= 15 is 0 Å². The second-order valence-corrected chi connectivity index (χ2v) is 7.45. The number of hydrogen-bond donors (Lipinski definition) is 0. The van der Waals surface area contributed by atoms with E-state index in [-0.39, 0.29) is 5.91 Å². The van der Waals surface area contributed by atoms with Gasteiger partial charge in [-0.1, -0.05) is 38.1 Å². The number of amides is 1. The average Bonchev–Trinajstić information content (AvgIpc) is 2.85. The second kappa shape index (κ2) is 6.21. The summed E-state index contributed by atoms with van der Waals surface area (Å²) in [6.07, 6.45) is 1.89. The molecule has 3 rings (SSSR count). The van der Waals surface area contributed by atoms with E-state index in [1.54, 1.807) is 11.3 Å². The molecular weight excluding hydrogens is 292 g/mol. The summed E-state index contributed by atoms with van der Waals surface area (Å²) in [6.45, 7) is 7.82. The van der Waals surface area contributed by atoms with Crippen LogP contribution in [0.1, 0.15) is 45.3 Å². The van der Waals surface area contributed by atoms with Crippen LogP contribution < -0.4 is 0 Å². The quantitative estimate of drug-likeness (QED) is 0.862. The van der Waals surface area contributed by atoms with Crippen LogP contribution in [0.25, 0.3) is 0 Å². The van der Waals surface area contributed by atoms with Gasteiger partial charge in [0.25, 0.3) is 5.91 Å². The minimum Gasteiger partial charge on any atom is -0.333 e. The fourth-order valence-corrected chi connectivity index (χ4v) is 4.14. The molecule has 1 aromatic carbocycles. The van der Waals surface area contributed by atoms with Crippen LogP contribution in [-0.4, -0.2) is 22.3 Å². The molecule has 0 atom stereocenters. The molecular formula is C18H22N2OS. The first-order valence-electron chi connectivity index (χ1n) is 7.87. The summed E-state index contributed by atoms with van der Waals surface area (Å²) in [4.78, 5) is 20.2. The molecule has 4 heteroatoms. The van der Waals surface area contributed by atoms with E-state index in [4.69, 9.17) is 0 Å². The summed E-state index contributed by atoms with van der Waals surface area (Å²) < 4.78 is 0. The highest BCUT2D eigenvalue weighted by Crippen LogP contribution is 2.25. The molecule has 1 aliphatic rings. The molecule has 1 amide bonds. The topological polar surface area (TPSA) is 33.2 Å². The van der Waals surface area contributed by atoms with Gasteiger partial charge in [0.15, 0.2) is 0 Å². The molecule has 116 valence electrons. The standard InChI is InChI=1S/C18H22N2OS/c1-12(2)10-16-19-13(3)17(22-16)18(21)20-9-8-14-6-4-5-7-15(14)11-20/h4-7,12H,8-11H2,1-3H3. The molecule has 0 aliphatic carbocycles. The van der Waals surface area contributed by atoms with E-state index in [1.807, 2.05) is 17.9 Å². The Morgan fingerprint density at radius 1 is 1.32 bits per heavy atom. The molecule has 0 N–H and O–H groups in total. The predicted molar refractivity (Wildman–Crippen MR) is 90.3 cm³/mol. The van der Waals surface area contributed by atoms with Crippen molar-refractivity contribution in [3.8, 4) is 0 Å². The van der Waals surface area contributed by atoms with Gasteiger partial charge in [-0.25, -0.2) is 4.98 Å². The zero-order valence-electron chi connectivity index (χ0n) is 13.4. The van der Waals surface area contributed by atoms with E-state index in [0.717, 1.165) is 35.0 Å². The van der Waals surface area contributed by atoms with Gasteiger partial charge in [-0.3, -0.25) is 4.79 Å². The molecule has 3 nitrogen and oxygen atoms in total. The number of aromatic nitrogens is 1. The van der Waals surface area contributed by atoms with E-state index in [1.165, 1.54) is 11.1 Å². The summed E-state index contributed by atoms with van der Waals surface area (Å²) in [5.74, 6) is 0.704. The Morgan fingerprint density at radius 3 is 2.77 bits per heavy atom. The number of fused-ring (bicyclic) bond motifs is 1. The van der Waals surface area contributed by atoms with Gasteiger partial charge in [-0.05, 0) is 30.4 Å². The third-order valence-electron chi connectivity index (χ3n) is 4.04. The maximum absolute atomic E-state index is 12.8. The highest BCUT2D eigenvalue weighted by Gasteiger charge is 2.25. The fraction of sp³-hybridized carbons (Fsp3) is 0.444.